The molecule has 1 heterocycles. The van der Waals surface area contributed by atoms with Crippen molar-refractivity contribution < 1.29 is 18.0 Å². The molecule has 7 heteroatoms. The Labute approximate surface area is 114 Å². The van der Waals surface area contributed by atoms with Crippen molar-refractivity contribution in [2.75, 3.05) is 24.6 Å². The molecule has 1 N–H and O–H groups in total. The van der Waals surface area contributed by atoms with E-state index in [0.717, 1.165) is 6.42 Å². The summed E-state index contributed by atoms with van der Waals surface area (Å²) in [7, 11) is -3.13. The molecule has 2 amide bonds. The van der Waals surface area contributed by atoms with Gasteiger partial charge in [0.15, 0.2) is 9.84 Å². The van der Waals surface area contributed by atoms with Crippen LogP contribution in [0.25, 0.3) is 0 Å². The third-order valence-corrected chi connectivity index (χ3v) is 5.24. The number of piperazine rings is 1. The van der Waals surface area contributed by atoms with Crippen LogP contribution in [0.5, 0.6) is 0 Å². The van der Waals surface area contributed by atoms with Gasteiger partial charge in [0.25, 0.3) is 0 Å². The maximum absolute atomic E-state index is 12.2. The molecule has 0 aromatic heterocycles. The van der Waals surface area contributed by atoms with Gasteiger partial charge in [0.2, 0.25) is 11.8 Å². The van der Waals surface area contributed by atoms with Gasteiger partial charge < -0.3 is 10.2 Å². The fourth-order valence-corrected chi connectivity index (χ4v) is 2.72. The molecule has 0 aromatic carbocycles. The molecule has 1 saturated heterocycles. The molecule has 0 bridgehead atoms. The standard InChI is InChI=1S/C12H22N2O4S/c1-4-9(3)11-12(16)14(8-10(15)13-11)6-7-19(17,18)5-2/h9,11H,4-8H2,1-3H3,(H,13,15). The summed E-state index contributed by atoms with van der Waals surface area (Å²) in [6, 6.07) is -0.532. The summed E-state index contributed by atoms with van der Waals surface area (Å²) in [6.07, 6.45) is 0.776. The van der Waals surface area contributed by atoms with Crippen LogP contribution < -0.4 is 5.32 Å². The molecule has 19 heavy (non-hydrogen) atoms. The van der Waals surface area contributed by atoms with Gasteiger partial charge in [-0.1, -0.05) is 27.2 Å². The summed E-state index contributed by atoms with van der Waals surface area (Å²) in [6.45, 7) is 5.46. The minimum Gasteiger partial charge on any atom is -0.342 e. The fraction of sp³-hybridized carbons (Fsp3) is 0.833. The summed E-state index contributed by atoms with van der Waals surface area (Å²) in [5.74, 6) is -0.396. The Kier molecular flexibility index (Phi) is 5.34. The highest BCUT2D eigenvalue weighted by Gasteiger charge is 2.35. The van der Waals surface area contributed by atoms with Crippen LogP contribution in [0, 0.1) is 5.92 Å². The second-order valence-electron chi connectivity index (χ2n) is 4.93. The topological polar surface area (TPSA) is 83.6 Å². The van der Waals surface area contributed by atoms with Gasteiger partial charge in [0.05, 0.1) is 12.3 Å². The number of rotatable bonds is 6. The predicted octanol–water partition coefficient (Wildman–Crippen LogP) is -0.206. The number of nitrogens with zero attached hydrogens (tertiary/aromatic N) is 1. The van der Waals surface area contributed by atoms with Crippen molar-refractivity contribution in [2.24, 2.45) is 5.92 Å². The average molecular weight is 290 g/mol. The highest BCUT2D eigenvalue weighted by Crippen LogP contribution is 2.14. The van der Waals surface area contributed by atoms with E-state index in [1.807, 2.05) is 13.8 Å². The number of amides is 2. The molecular weight excluding hydrogens is 268 g/mol. The Hall–Kier alpha value is -1.11. The van der Waals surface area contributed by atoms with Crippen molar-refractivity contribution in [3.05, 3.63) is 0 Å². The average Bonchev–Trinajstić information content (AvgIpc) is 2.38. The lowest BCUT2D eigenvalue weighted by Gasteiger charge is -2.35. The Morgan fingerprint density at radius 3 is 2.53 bits per heavy atom. The summed E-state index contributed by atoms with van der Waals surface area (Å²) in [4.78, 5) is 25.1. The molecule has 1 aliphatic heterocycles. The third kappa shape index (κ3) is 4.19. The highest BCUT2D eigenvalue weighted by molar-refractivity contribution is 7.91. The first kappa shape index (κ1) is 15.9. The molecule has 2 atom stereocenters. The number of hydrogen-bond donors (Lipinski definition) is 1. The number of hydrogen-bond acceptors (Lipinski definition) is 4. The first-order valence-electron chi connectivity index (χ1n) is 6.59. The quantitative estimate of drug-likeness (QED) is 0.734. The lowest BCUT2D eigenvalue weighted by molar-refractivity contribution is -0.145. The van der Waals surface area contributed by atoms with Crippen LogP contribution in [0.2, 0.25) is 0 Å². The molecular formula is C12H22N2O4S. The minimum atomic E-state index is -3.13. The molecule has 1 aliphatic rings. The van der Waals surface area contributed by atoms with Crippen molar-refractivity contribution in [3.8, 4) is 0 Å². The molecule has 0 aromatic rings. The summed E-state index contributed by atoms with van der Waals surface area (Å²) >= 11 is 0. The van der Waals surface area contributed by atoms with Gasteiger partial charge in [-0.25, -0.2) is 8.42 Å². The Bertz CT molecular complexity index is 447. The monoisotopic (exact) mass is 290 g/mol. The van der Waals surface area contributed by atoms with Gasteiger partial charge in [-0.05, 0) is 5.92 Å². The van der Waals surface area contributed by atoms with E-state index >= 15 is 0 Å². The Balaban J connectivity index is 2.72. The van der Waals surface area contributed by atoms with E-state index in [9.17, 15) is 18.0 Å². The van der Waals surface area contributed by atoms with Gasteiger partial charge in [0.1, 0.15) is 6.04 Å². The predicted molar refractivity (Wildman–Crippen MR) is 72.3 cm³/mol. The third-order valence-electron chi connectivity index (χ3n) is 3.55. The van der Waals surface area contributed by atoms with Crippen molar-refractivity contribution in [1.82, 2.24) is 10.2 Å². The maximum atomic E-state index is 12.2. The first-order valence-corrected chi connectivity index (χ1v) is 8.41. The number of sulfone groups is 1. The SMILES string of the molecule is CCC(C)C1NC(=O)CN(CCS(=O)(=O)CC)C1=O. The van der Waals surface area contributed by atoms with Crippen LogP contribution in [0.15, 0.2) is 0 Å². The minimum absolute atomic E-state index is 0.0435. The van der Waals surface area contributed by atoms with Gasteiger partial charge >= 0.3 is 0 Å². The van der Waals surface area contributed by atoms with E-state index in [1.54, 1.807) is 6.92 Å². The molecule has 1 fully saturated rings. The molecule has 1 rings (SSSR count). The van der Waals surface area contributed by atoms with E-state index < -0.39 is 15.9 Å². The summed E-state index contributed by atoms with van der Waals surface area (Å²) in [5.41, 5.74) is 0. The smallest absolute Gasteiger partial charge is 0.245 e. The van der Waals surface area contributed by atoms with Gasteiger partial charge in [0, 0.05) is 12.3 Å². The van der Waals surface area contributed by atoms with Gasteiger partial charge in [-0.2, -0.15) is 0 Å². The summed E-state index contributed by atoms with van der Waals surface area (Å²) in [5, 5.41) is 2.68. The molecule has 0 spiro atoms. The summed E-state index contributed by atoms with van der Waals surface area (Å²) < 4.78 is 22.9. The van der Waals surface area contributed by atoms with Gasteiger partial charge in [-0.15, -0.1) is 0 Å². The van der Waals surface area contributed by atoms with Crippen molar-refractivity contribution in [3.63, 3.8) is 0 Å². The highest BCUT2D eigenvalue weighted by atomic mass is 32.2. The van der Waals surface area contributed by atoms with Crippen LogP contribution in [0.4, 0.5) is 0 Å². The second kappa shape index (κ2) is 6.36. The van der Waals surface area contributed by atoms with Crippen LogP contribution in [0.3, 0.4) is 0 Å². The Morgan fingerprint density at radius 2 is 2.00 bits per heavy atom. The number of carbonyl (C=O) groups excluding carboxylic acids is 2. The molecule has 6 nitrogen and oxygen atoms in total. The van der Waals surface area contributed by atoms with E-state index in [4.69, 9.17) is 0 Å². The van der Waals surface area contributed by atoms with E-state index in [2.05, 4.69) is 5.32 Å². The number of carbonyl (C=O) groups is 2. The fourth-order valence-electron chi connectivity index (χ4n) is 1.93. The zero-order chi connectivity index (χ0) is 14.6. The van der Waals surface area contributed by atoms with E-state index in [-0.39, 0.29) is 42.3 Å². The zero-order valence-electron chi connectivity index (χ0n) is 11.7. The number of nitrogens with one attached hydrogen (secondary N) is 1. The lowest BCUT2D eigenvalue weighted by Crippen LogP contribution is -2.60. The van der Waals surface area contributed by atoms with Crippen LogP contribution in [-0.4, -0.2) is 55.8 Å². The zero-order valence-corrected chi connectivity index (χ0v) is 12.5. The van der Waals surface area contributed by atoms with Crippen LogP contribution >= 0.6 is 0 Å². The van der Waals surface area contributed by atoms with Crippen molar-refractivity contribution in [2.45, 2.75) is 33.2 Å². The Morgan fingerprint density at radius 1 is 1.37 bits per heavy atom. The molecule has 2 unspecified atom stereocenters. The molecule has 0 aliphatic carbocycles. The van der Waals surface area contributed by atoms with Crippen molar-refractivity contribution in [1.29, 1.82) is 0 Å². The van der Waals surface area contributed by atoms with Gasteiger partial charge in [-0.3, -0.25) is 9.59 Å². The van der Waals surface area contributed by atoms with Crippen LogP contribution in [0.1, 0.15) is 27.2 Å². The normalized spacial score (nSPS) is 22.3. The largest absolute Gasteiger partial charge is 0.342 e. The van der Waals surface area contributed by atoms with E-state index in [0.29, 0.717) is 0 Å². The van der Waals surface area contributed by atoms with Crippen molar-refractivity contribution >= 4 is 21.7 Å². The molecule has 110 valence electrons. The van der Waals surface area contributed by atoms with E-state index in [1.165, 1.54) is 4.90 Å². The molecule has 0 saturated carbocycles. The van der Waals surface area contributed by atoms with Crippen LogP contribution in [-0.2, 0) is 19.4 Å². The maximum Gasteiger partial charge on any atom is 0.245 e. The second-order valence-corrected chi connectivity index (χ2v) is 7.40. The lowest BCUT2D eigenvalue weighted by atomic mass is 9.96. The molecule has 0 radical (unpaired) electrons. The first-order chi connectivity index (χ1) is 8.80.